The van der Waals surface area contributed by atoms with Gasteiger partial charge in [0.15, 0.2) is 0 Å². The van der Waals surface area contributed by atoms with Crippen molar-refractivity contribution in [3.8, 4) is 0 Å². The molecule has 0 aromatic rings. The number of hydrogen-bond acceptors (Lipinski definition) is 4. The summed E-state index contributed by atoms with van der Waals surface area (Å²) < 4.78 is 17.8. The van der Waals surface area contributed by atoms with Crippen LogP contribution in [-0.2, 0) is 13.6 Å². The molecule has 1 aliphatic heterocycles. The lowest BCUT2D eigenvalue weighted by molar-refractivity contribution is -0.0101. The second-order valence-electron chi connectivity index (χ2n) is 4.62. The van der Waals surface area contributed by atoms with Crippen LogP contribution in [0.4, 0.5) is 0 Å². The van der Waals surface area contributed by atoms with E-state index in [1.165, 1.54) is 12.8 Å². The van der Waals surface area contributed by atoms with E-state index in [0.717, 1.165) is 18.9 Å². The Bertz CT molecular complexity index is 236. The van der Waals surface area contributed by atoms with E-state index < -0.39 is 8.56 Å². The summed E-state index contributed by atoms with van der Waals surface area (Å²) in [6.45, 7) is 2.21. The molecule has 0 bridgehead atoms. The van der Waals surface area contributed by atoms with E-state index in [1.807, 2.05) is 18.9 Å². The number of ether oxygens (including phenoxy) is 1. The minimum atomic E-state index is -2.26. The highest BCUT2D eigenvalue weighted by molar-refractivity contribution is 7.99. The molecule has 0 radical (unpaired) electrons. The molecule has 0 spiro atoms. The van der Waals surface area contributed by atoms with Gasteiger partial charge in [-0.1, -0.05) is 19.8 Å². The zero-order valence-corrected chi connectivity index (χ0v) is 13.6. The van der Waals surface area contributed by atoms with Crippen LogP contribution in [0, 0.1) is 0 Å². The van der Waals surface area contributed by atoms with E-state index in [4.69, 9.17) is 13.6 Å². The zero-order valence-electron chi connectivity index (χ0n) is 11.7. The molecular formula is C12H26O3SSi. The molecule has 1 aliphatic rings. The number of methoxy groups -OCH3 is 1. The average Bonchev–Trinajstić information content (AvgIpc) is 2.39. The minimum Gasteiger partial charge on any atom is -0.396 e. The summed E-state index contributed by atoms with van der Waals surface area (Å²) in [5.74, 6) is 0. The molecule has 1 fully saturated rings. The van der Waals surface area contributed by atoms with Gasteiger partial charge in [0.2, 0.25) is 0 Å². The number of hydrogen-bond donors (Lipinski definition) is 0. The molecule has 0 amide bonds. The van der Waals surface area contributed by atoms with Gasteiger partial charge in [-0.05, 0) is 25.1 Å². The van der Waals surface area contributed by atoms with Crippen LogP contribution in [0.1, 0.15) is 32.6 Å². The van der Waals surface area contributed by atoms with Crippen molar-refractivity contribution in [3.05, 3.63) is 0 Å². The lowest BCUT2D eigenvalue weighted by atomic mass is 10.1. The summed E-state index contributed by atoms with van der Waals surface area (Å²) >= 11 is 1.90. The predicted molar refractivity (Wildman–Crippen MR) is 75.8 cm³/mol. The molecule has 0 aliphatic carbocycles. The molecular weight excluding hydrogens is 252 g/mol. The third-order valence-electron chi connectivity index (χ3n) is 4.07. The predicted octanol–water partition coefficient (Wildman–Crippen LogP) is 2.97. The van der Waals surface area contributed by atoms with Crippen LogP contribution in [-0.4, -0.2) is 46.6 Å². The van der Waals surface area contributed by atoms with Crippen LogP contribution in [0.15, 0.2) is 0 Å². The molecule has 17 heavy (non-hydrogen) atoms. The second kappa shape index (κ2) is 6.57. The zero-order chi connectivity index (χ0) is 12.9. The maximum absolute atomic E-state index is 6.01. The number of rotatable bonds is 6. The van der Waals surface area contributed by atoms with Crippen LogP contribution >= 0.6 is 11.8 Å². The Morgan fingerprint density at radius 2 is 1.94 bits per heavy atom. The first kappa shape index (κ1) is 15.5. The van der Waals surface area contributed by atoms with Crippen molar-refractivity contribution in [2.45, 2.75) is 49.1 Å². The van der Waals surface area contributed by atoms with Gasteiger partial charge < -0.3 is 13.6 Å². The maximum atomic E-state index is 6.01. The van der Waals surface area contributed by atoms with E-state index in [-0.39, 0.29) is 5.22 Å². The van der Waals surface area contributed by atoms with Gasteiger partial charge in [0.25, 0.3) is 0 Å². The fourth-order valence-electron chi connectivity index (χ4n) is 3.26. The largest absolute Gasteiger partial charge is 0.396 e. The molecule has 5 heteroatoms. The van der Waals surface area contributed by atoms with Gasteiger partial charge in [0, 0.05) is 26.6 Å². The first-order chi connectivity index (χ1) is 8.16. The van der Waals surface area contributed by atoms with Gasteiger partial charge in [0.05, 0.1) is 0 Å². The monoisotopic (exact) mass is 278 g/mol. The van der Waals surface area contributed by atoms with Gasteiger partial charge in [-0.3, -0.25) is 0 Å². The van der Waals surface area contributed by atoms with E-state index in [1.54, 1.807) is 14.2 Å². The summed E-state index contributed by atoms with van der Waals surface area (Å²) in [6.07, 6.45) is 6.70. The Morgan fingerprint density at radius 3 is 2.35 bits per heavy atom. The van der Waals surface area contributed by atoms with Crippen LogP contribution in [0.2, 0.25) is 6.04 Å². The Morgan fingerprint density at radius 1 is 1.29 bits per heavy atom. The molecule has 1 heterocycles. The molecule has 0 saturated carbocycles. The third kappa shape index (κ3) is 2.45. The van der Waals surface area contributed by atoms with Gasteiger partial charge >= 0.3 is 8.56 Å². The van der Waals surface area contributed by atoms with E-state index in [0.29, 0.717) is 5.25 Å². The van der Waals surface area contributed by atoms with Crippen molar-refractivity contribution in [2.75, 3.05) is 27.6 Å². The first-order valence-electron chi connectivity index (χ1n) is 6.34. The van der Waals surface area contributed by atoms with Crippen LogP contribution in [0.25, 0.3) is 0 Å². The highest BCUT2D eigenvalue weighted by Gasteiger charge is 2.62. The maximum Gasteiger partial charge on any atom is 0.371 e. The molecule has 1 rings (SSSR count). The average molecular weight is 278 g/mol. The van der Waals surface area contributed by atoms with Crippen molar-refractivity contribution >= 4 is 20.3 Å². The van der Waals surface area contributed by atoms with Crippen molar-refractivity contribution in [1.29, 1.82) is 0 Å². The third-order valence-corrected chi connectivity index (χ3v) is 9.88. The van der Waals surface area contributed by atoms with Crippen molar-refractivity contribution in [1.82, 2.24) is 0 Å². The minimum absolute atomic E-state index is 0.192. The molecule has 2 atom stereocenters. The molecule has 3 nitrogen and oxygen atoms in total. The quantitative estimate of drug-likeness (QED) is 0.698. The van der Waals surface area contributed by atoms with Crippen molar-refractivity contribution < 1.29 is 13.6 Å². The fourth-order valence-corrected chi connectivity index (χ4v) is 9.09. The highest BCUT2D eigenvalue weighted by atomic mass is 32.2. The molecule has 1 saturated heterocycles. The van der Waals surface area contributed by atoms with Crippen molar-refractivity contribution in [2.24, 2.45) is 0 Å². The SMILES string of the molecule is CCCC1(OC)C(SC)CCC[Si]1(OC)OC. The van der Waals surface area contributed by atoms with Crippen LogP contribution in [0.5, 0.6) is 0 Å². The molecule has 102 valence electrons. The summed E-state index contributed by atoms with van der Waals surface area (Å²) in [7, 11) is 3.15. The lowest BCUT2D eigenvalue weighted by Gasteiger charge is -2.51. The number of thioether (sulfide) groups is 1. The first-order valence-corrected chi connectivity index (χ1v) is 9.65. The Kier molecular flexibility index (Phi) is 5.99. The van der Waals surface area contributed by atoms with E-state index in [9.17, 15) is 0 Å². The standard InChI is InChI=1S/C12H26O3SSi/c1-6-9-12(13-2)11(16-5)8-7-10-17(12,14-3)15-4/h11H,6-10H2,1-5H3. The summed E-state index contributed by atoms with van der Waals surface area (Å²) in [4.78, 5) is 0. The topological polar surface area (TPSA) is 27.7 Å². The molecule has 2 unspecified atom stereocenters. The fraction of sp³-hybridized carbons (Fsp3) is 1.00. The van der Waals surface area contributed by atoms with Gasteiger partial charge in [-0.15, -0.1) is 0 Å². The summed E-state index contributed by atoms with van der Waals surface area (Å²) in [6, 6.07) is 1.05. The van der Waals surface area contributed by atoms with Gasteiger partial charge in [-0.25, -0.2) is 0 Å². The highest BCUT2D eigenvalue weighted by Crippen LogP contribution is 2.47. The van der Waals surface area contributed by atoms with Gasteiger partial charge in [-0.2, -0.15) is 11.8 Å². The Labute approximate surface area is 111 Å². The Balaban J connectivity index is 3.14. The van der Waals surface area contributed by atoms with Crippen molar-refractivity contribution in [3.63, 3.8) is 0 Å². The van der Waals surface area contributed by atoms with Crippen LogP contribution < -0.4 is 0 Å². The summed E-state index contributed by atoms with van der Waals surface area (Å²) in [5, 5.41) is 0.302. The Hall–Kier alpha value is 0.447. The van der Waals surface area contributed by atoms with E-state index in [2.05, 4.69) is 13.2 Å². The van der Waals surface area contributed by atoms with E-state index >= 15 is 0 Å². The van der Waals surface area contributed by atoms with Crippen LogP contribution in [0.3, 0.4) is 0 Å². The summed E-state index contributed by atoms with van der Waals surface area (Å²) in [5.41, 5.74) is 0. The smallest absolute Gasteiger partial charge is 0.371 e. The molecule has 0 aromatic carbocycles. The second-order valence-corrected chi connectivity index (χ2v) is 9.33. The normalized spacial score (nSPS) is 32.6. The molecule has 0 N–H and O–H groups in total. The molecule has 0 aromatic heterocycles. The van der Waals surface area contributed by atoms with Gasteiger partial charge in [0.1, 0.15) is 5.22 Å². The lowest BCUT2D eigenvalue weighted by Crippen LogP contribution is -2.69.